The van der Waals surface area contributed by atoms with Gasteiger partial charge in [0.1, 0.15) is 0 Å². The van der Waals surface area contributed by atoms with Crippen molar-refractivity contribution in [2.45, 2.75) is 64.1 Å². The Labute approximate surface area is 189 Å². The van der Waals surface area contributed by atoms with Crippen LogP contribution in [0.15, 0.2) is 40.7 Å². The molecule has 1 aromatic carbocycles. The zero-order chi connectivity index (χ0) is 18.9. The van der Waals surface area contributed by atoms with Crippen molar-refractivity contribution in [3.63, 3.8) is 0 Å². The Balaban J connectivity index is 0.00000280. The Morgan fingerprint density at radius 3 is 2.64 bits per heavy atom. The molecular weight excluding hydrogens is 483 g/mol. The highest BCUT2D eigenvalue weighted by Crippen LogP contribution is 2.18. The first-order valence-electron chi connectivity index (χ1n) is 9.93. The number of benzene rings is 1. The number of hydrogen-bond acceptors (Lipinski definition) is 4. The number of aryl methyl sites for hydroxylation is 2. The third kappa shape index (κ3) is 7.67. The molecule has 0 bridgehead atoms. The third-order valence-corrected chi connectivity index (χ3v) is 5.81. The van der Waals surface area contributed by atoms with E-state index in [2.05, 4.69) is 53.3 Å². The molecule has 1 aliphatic rings. The molecule has 0 atom stereocenters. The highest BCUT2D eigenvalue weighted by molar-refractivity contribution is 14.0. The highest BCUT2D eigenvalue weighted by Gasteiger charge is 2.19. The summed E-state index contributed by atoms with van der Waals surface area (Å²) in [5.41, 5.74) is 2.38. The van der Waals surface area contributed by atoms with Crippen molar-refractivity contribution in [1.29, 1.82) is 0 Å². The number of aliphatic imine (C=N–C) groups is 1. The molecule has 3 N–H and O–H groups in total. The average molecular weight is 514 g/mol. The minimum Gasteiger partial charge on any atom is -0.393 e. The summed E-state index contributed by atoms with van der Waals surface area (Å²) in [6, 6.07) is 10.9. The SMILES string of the molecule is CCNC(=NCc1csc(CCc2ccccc2)n1)NC1CCC(O)CC1.I. The summed E-state index contributed by atoms with van der Waals surface area (Å²) < 4.78 is 0. The molecule has 3 rings (SSSR count). The molecule has 5 nitrogen and oxygen atoms in total. The van der Waals surface area contributed by atoms with Crippen LogP contribution in [0.4, 0.5) is 0 Å². The molecule has 2 aromatic rings. The van der Waals surface area contributed by atoms with E-state index in [4.69, 9.17) is 9.98 Å². The van der Waals surface area contributed by atoms with E-state index >= 15 is 0 Å². The molecule has 1 aromatic heterocycles. The maximum absolute atomic E-state index is 9.65. The fraction of sp³-hybridized carbons (Fsp3) is 0.524. The Hall–Kier alpha value is -1.19. The first-order chi connectivity index (χ1) is 13.2. The number of aliphatic hydroxyl groups excluding tert-OH is 1. The van der Waals surface area contributed by atoms with Gasteiger partial charge in [-0.25, -0.2) is 9.98 Å². The van der Waals surface area contributed by atoms with E-state index in [9.17, 15) is 5.11 Å². The lowest BCUT2D eigenvalue weighted by atomic mass is 9.93. The number of aromatic nitrogens is 1. The quantitative estimate of drug-likeness (QED) is 0.298. The van der Waals surface area contributed by atoms with Crippen LogP contribution in [-0.2, 0) is 19.4 Å². The van der Waals surface area contributed by atoms with Gasteiger partial charge in [0.25, 0.3) is 0 Å². The zero-order valence-corrected chi connectivity index (χ0v) is 19.6. The smallest absolute Gasteiger partial charge is 0.191 e. The van der Waals surface area contributed by atoms with Gasteiger partial charge in [-0.1, -0.05) is 30.3 Å². The number of rotatable bonds is 7. The second kappa shape index (κ2) is 12.4. The Bertz CT molecular complexity index is 714. The van der Waals surface area contributed by atoms with Crippen LogP contribution >= 0.6 is 35.3 Å². The van der Waals surface area contributed by atoms with Gasteiger partial charge >= 0.3 is 0 Å². The molecule has 0 amide bonds. The van der Waals surface area contributed by atoms with Gasteiger partial charge in [0.15, 0.2) is 5.96 Å². The number of halogens is 1. The van der Waals surface area contributed by atoms with E-state index in [1.807, 2.05) is 0 Å². The molecule has 0 unspecified atom stereocenters. The van der Waals surface area contributed by atoms with Gasteiger partial charge in [-0.15, -0.1) is 35.3 Å². The number of hydrogen-bond donors (Lipinski definition) is 3. The maximum atomic E-state index is 9.65. The van der Waals surface area contributed by atoms with Gasteiger partial charge in [0.05, 0.1) is 23.4 Å². The molecule has 0 radical (unpaired) electrons. The standard InChI is InChI=1S/C21H30N4OS.HI/c1-2-22-21(25-17-9-11-19(26)12-10-17)23-14-18-15-27-20(24-18)13-8-16-6-4-3-5-7-16;/h3-7,15,17,19,26H,2,8-14H2,1H3,(H2,22,23,25);1H. The summed E-state index contributed by atoms with van der Waals surface area (Å²) >= 11 is 1.72. The molecule has 154 valence electrons. The summed E-state index contributed by atoms with van der Waals surface area (Å²) in [6.07, 6.45) is 5.59. The Kier molecular flexibility index (Phi) is 10.2. The van der Waals surface area contributed by atoms with E-state index < -0.39 is 0 Å². The lowest BCUT2D eigenvalue weighted by Gasteiger charge is -2.27. The van der Waals surface area contributed by atoms with Crippen LogP contribution in [-0.4, -0.2) is 34.7 Å². The molecule has 1 saturated carbocycles. The van der Waals surface area contributed by atoms with Gasteiger partial charge in [0.2, 0.25) is 0 Å². The van der Waals surface area contributed by atoms with Gasteiger partial charge in [-0.2, -0.15) is 0 Å². The van der Waals surface area contributed by atoms with Crippen molar-refractivity contribution < 1.29 is 5.11 Å². The summed E-state index contributed by atoms with van der Waals surface area (Å²) in [7, 11) is 0. The predicted octanol–water partition coefficient (Wildman–Crippen LogP) is 3.90. The van der Waals surface area contributed by atoms with Crippen molar-refractivity contribution in [2.24, 2.45) is 4.99 Å². The molecule has 1 aliphatic carbocycles. The lowest BCUT2D eigenvalue weighted by Crippen LogP contribution is -2.45. The van der Waals surface area contributed by atoms with Gasteiger partial charge < -0.3 is 15.7 Å². The minimum absolute atomic E-state index is 0. The average Bonchev–Trinajstić information content (AvgIpc) is 3.15. The molecular formula is C21H31IN4OS. The molecule has 0 saturated heterocycles. The van der Waals surface area contributed by atoms with Gasteiger partial charge in [0, 0.05) is 24.4 Å². The van der Waals surface area contributed by atoms with E-state index in [-0.39, 0.29) is 30.1 Å². The van der Waals surface area contributed by atoms with Crippen LogP contribution < -0.4 is 10.6 Å². The third-order valence-electron chi connectivity index (χ3n) is 4.85. The van der Waals surface area contributed by atoms with Crippen molar-refractivity contribution in [3.05, 3.63) is 52.0 Å². The number of nitrogens with zero attached hydrogens (tertiary/aromatic N) is 2. The number of aliphatic hydroxyl groups is 1. The molecule has 0 spiro atoms. The number of thiazole rings is 1. The van der Waals surface area contributed by atoms with Crippen LogP contribution in [0.3, 0.4) is 0 Å². The first-order valence-corrected chi connectivity index (χ1v) is 10.8. The lowest BCUT2D eigenvalue weighted by molar-refractivity contribution is 0.120. The summed E-state index contributed by atoms with van der Waals surface area (Å²) in [6.45, 7) is 3.50. The number of guanidine groups is 1. The molecule has 7 heteroatoms. The minimum atomic E-state index is -0.133. The van der Waals surface area contributed by atoms with Gasteiger partial charge in [-0.05, 0) is 44.6 Å². The maximum Gasteiger partial charge on any atom is 0.191 e. The van der Waals surface area contributed by atoms with Crippen molar-refractivity contribution >= 4 is 41.3 Å². The number of nitrogens with one attached hydrogen (secondary N) is 2. The first kappa shape index (κ1) is 23.1. The molecule has 0 aliphatic heterocycles. The van der Waals surface area contributed by atoms with Crippen molar-refractivity contribution in [2.75, 3.05) is 6.54 Å². The normalized spacial score (nSPS) is 19.7. The highest BCUT2D eigenvalue weighted by atomic mass is 127. The van der Waals surface area contributed by atoms with Crippen LogP contribution in [0.5, 0.6) is 0 Å². The van der Waals surface area contributed by atoms with E-state index in [0.717, 1.165) is 56.7 Å². The summed E-state index contributed by atoms with van der Waals surface area (Å²) in [4.78, 5) is 9.44. The van der Waals surface area contributed by atoms with Crippen LogP contribution in [0.1, 0.15) is 48.9 Å². The molecule has 1 fully saturated rings. The largest absolute Gasteiger partial charge is 0.393 e. The molecule has 28 heavy (non-hydrogen) atoms. The topological polar surface area (TPSA) is 69.5 Å². The summed E-state index contributed by atoms with van der Waals surface area (Å²) in [5.74, 6) is 0.845. The van der Waals surface area contributed by atoms with Crippen LogP contribution in [0.25, 0.3) is 0 Å². The van der Waals surface area contributed by atoms with Crippen LogP contribution in [0.2, 0.25) is 0 Å². The fourth-order valence-electron chi connectivity index (χ4n) is 3.33. The second-order valence-electron chi connectivity index (χ2n) is 7.06. The van der Waals surface area contributed by atoms with Gasteiger partial charge in [-0.3, -0.25) is 0 Å². The van der Waals surface area contributed by atoms with E-state index in [1.165, 1.54) is 10.6 Å². The fourth-order valence-corrected chi connectivity index (χ4v) is 4.12. The van der Waals surface area contributed by atoms with Crippen molar-refractivity contribution in [3.8, 4) is 0 Å². The van der Waals surface area contributed by atoms with E-state index in [0.29, 0.717) is 12.6 Å². The second-order valence-corrected chi connectivity index (χ2v) is 8.01. The molecule has 1 heterocycles. The zero-order valence-electron chi connectivity index (χ0n) is 16.4. The van der Waals surface area contributed by atoms with Crippen molar-refractivity contribution in [1.82, 2.24) is 15.6 Å². The van der Waals surface area contributed by atoms with Crippen LogP contribution in [0, 0.1) is 0 Å². The van der Waals surface area contributed by atoms with E-state index in [1.54, 1.807) is 11.3 Å². The Morgan fingerprint density at radius 1 is 1.18 bits per heavy atom. The summed E-state index contributed by atoms with van der Waals surface area (Å²) in [5, 5.41) is 19.8. The Morgan fingerprint density at radius 2 is 1.93 bits per heavy atom. The predicted molar refractivity (Wildman–Crippen MR) is 128 cm³/mol. The monoisotopic (exact) mass is 514 g/mol.